The molecule has 11 heteroatoms. The predicted molar refractivity (Wildman–Crippen MR) is 159 cm³/mol. The number of para-hydroxylation sites is 1. The molecule has 4 aromatic rings. The Balaban J connectivity index is 1.31. The van der Waals surface area contributed by atoms with Crippen LogP contribution in [0.5, 0.6) is 0 Å². The molecule has 2 aromatic carbocycles. The van der Waals surface area contributed by atoms with Gasteiger partial charge in [-0.25, -0.2) is 9.67 Å². The molecule has 0 radical (unpaired) electrons. The van der Waals surface area contributed by atoms with Crippen molar-refractivity contribution >= 4 is 28.7 Å². The maximum atomic E-state index is 13.7. The third kappa shape index (κ3) is 6.45. The summed E-state index contributed by atoms with van der Waals surface area (Å²) in [7, 11) is 0. The minimum Gasteiger partial charge on any atom is -0.356 e. The fraction of sp³-hybridized carbons (Fsp3) is 0.438. The van der Waals surface area contributed by atoms with E-state index in [1.54, 1.807) is 9.80 Å². The standard InChI is InChI=1S/C32H37N7O4/c1-22-33-31-26(20-23-10-3-2-4-11-23)34-32(42)27-13-7-8-17-38(27)29(40)15-9-16-37(18-19-39(31)35-22)30(41)21-25-24-12-5-6-14-28(24)43-36-25/h2-6,10-12,14,26-27H,7-9,13,15-21H2,1H3,(H,34,42)/t26-,27+/m1/s1. The zero-order chi connectivity index (χ0) is 29.8. The summed E-state index contributed by atoms with van der Waals surface area (Å²) in [6, 6.07) is 16.5. The van der Waals surface area contributed by atoms with Crippen molar-refractivity contribution in [3.63, 3.8) is 0 Å². The number of nitrogens with one attached hydrogen (secondary N) is 1. The van der Waals surface area contributed by atoms with Crippen molar-refractivity contribution in [1.82, 2.24) is 35.0 Å². The first-order valence-electron chi connectivity index (χ1n) is 15.1. The summed E-state index contributed by atoms with van der Waals surface area (Å²) in [5, 5.41) is 12.9. The molecule has 224 valence electrons. The summed E-state index contributed by atoms with van der Waals surface area (Å²) in [5.74, 6) is 0.922. The van der Waals surface area contributed by atoms with Gasteiger partial charge in [0.2, 0.25) is 17.7 Å². The second kappa shape index (κ2) is 12.8. The smallest absolute Gasteiger partial charge is 0.243 e. The molecule has 0 bridgehead atoms. The Kier molecular flexibility index (Phi) is 8.48. The Morgan fingerprint density at radius 1 is 0.977 bits per heavy atom. The number of amides is 3. The van der Waals surface area contributed by atoms with Gasteiger partial charge in [0, 0.05) is 31.4 Å². The van der Waals surface area contributed by atoms with E-state index in [0.717, 1.165) is 23.8 Å². The Morgan fingerprint density at radius 2 is 1.79 bits per heavy atom. The first kappa shape index (κ1) is 28.6. The highest BCUT2D eigenvalue weighted by Gasteiger charge is 2.34. The lowest BCUT2D eigenvalue weighted by molar-refractivity contribution is -0.143. The lowest BCUT2D eigenvalue weighted by atomic mass is 9.99. The van der Waals surface area contributed by atoms with Crippen LogP contribution in [0.15, 0.2) is 59.1 Å². The molecule has 43 heavy (non-hydrogen) atoms. The summed E-state index contributed by atoms with van der Waals surface area (Å²) in [6.45, 7) is 3.55. The van der Waals surface area contributed by atoms with E-state index in [1.807, 2.05) is 66.2 Å². The molecule has 2 aliphatic rings. The van der Waals surface area contributed by atoms with Crippen molar-refractivity contribution in [3.8, 4) is 0 Å². The highest BCUT2D eigenvalue weighted by Crippen LogP contribution is 2.24. The van der Waals surface area contributed by atoms with Gasteiger partial charge in [-0.3, -0.25) is 14.4 Å². The molecule has 6 rings (SSSR count). The van der Waals surface area contributed by atoms with Gasteiger partial charge in [-0.2, -0.15) is 5.10 Å². The van der Waals surface area contributed by atoms with Crippen molar-refractivity contribution in [3.05, 3.63) is 77.5 Å². The molecule has 1 saturated heterocycles. The number of aryl methyl sites for hydroxylation is 1. The lowest BCUT2D eigenvalue weighted by Crippen LogP contribution is -2.53. The third-order valence-electron chi connectivity index (χ3n) is 8.37. The molecule has 2 aromatic heterocycles. The molecule has 1 N–H and O–H groups in total. The maximum Gasteiger partial charge on any atom is 0.243 e. The van der Waals surface area contributed by atoms with Crippen LogP contribution >= 0.6 is 0 Å². The first-order valence-corrected chi connectivity index (χ1v) is 15.1. The number of carbonyl (C=O) groups excluding carboxylic acids is 3. The second-order valence-corrected chi connectivity index (χ2v) is 11.4. The maximum absolute atomic E-state index is 13.7. The summed E-state index contributed by atoms with van der Waals surface area (Å²) in [4.78, 5) is 49.1. The predicted octanol–water partition coefficient (Wildman–Crippen LogP) is 3.37. The van der Waals surface area contributed by atoms with Crippen molar-refractivity contribution in [2.24, 2.45) is 0 Å². The quantitative estimate of drug-likeness (QED) is 0.390. The zero-order valence-corrected chi connectivity index (χ0v) is 24.4. The number of carbonyl (C=O) groups is 3. The lowest BCUT2D eigenvalue weighted by Gasteiger charge is -2.36. The van der Waals surface area contributed by atoms with Gasteiger partial charge >= 0.3 is 0 Å². The second-order valence-electron chi connectivity index (χ2n) is 11.4. The molecular formula is C32H37N7O4. The Bertz CT molecular complexity index is 1600. The fourth-order valence-corrected chi connectivity index (χ4v) is 6.18. The average molecular weight is 584 g/mol. The largest absolute Gasteiger partial charge is 0.356 e. The van der Waals surface area contributed by atoms with Gasteiger partial charge < -0.3 is 19.6 Å². The molecule has 2 aliphatic heterocycles. The molecule has 4 heterocycles. The van der Waals surface area contributed by atoms with Crippen LogP contribution in [0.4, 0.5) is 0 Å². The molecule has 2 atom stereocenters. The van der Waals surface area contributed by atoms with Gasteiger partial charge in [0.15, 0.2) is 5.58 Å². The van der Waals surface area contributed by atoms with Crippen LogP contribution in [0, 0.1) is 6.92 Å². The number of benzene rings is 2. The molecule has 1 fully saturated rings. The van der Waals surface area contributed by atoms with Crippen molar-refractivity contribution in [1.29, 1.82) is 0 Å². The van der Waals surface area contributed by atoms with E-state index in [9.17, 15) is 14.4 Å². The summed E-state index contributed by atoms with van der Waals surface area (Å²) in [6.07, 6.45) is 3.75. The van der Waals surface area contributed by atoms with Crippen molar-refractivity contribution in [2.45, 2.75) is 70.5 Å². The van der Waals surface area contributed by atoms with Crippen LogP contribution in [0.2, 0.25) is 0 Å². The van der Waals surface area contributed by atoms with Crippen LogP contribution in [0.25, 0.3) is 11.0 Å². The summed E-state index contributed by atoms with van der Waals surface area (Å²) in [5.41, 5.74) is 2.28. The molecule has 11 nitrogen and oxygen atoms in total. The van der Waals surface area contributed by atoms with E-state index in [2.05, 4.69) is 15.6 Å². The molecule has 0 saturated carbocycles. The van der Waals surface area contributed by atoms with E-state index in [0.29, 0.717) is 68.4 Å². The Morgan fingerprint density at radius 3 is 2.65 bits per heavy atom. The van der Waals surface area contributed by atoms with Crippen LogP contribution in [0.1, 0.15) is 61.1 Å². The van der Waals surface area contributed by atoms with Gasteiger partial charge in [0.25, 0.3) is 0 Å². The molecule has 3 amide bonds. The summed E-state index contributed by atoms with van der Waals surface area (Å²) < 4.78 is 7.24. The minimum atomic E-state index is -0.530. The van der Waals surface area contributed by atoms with Crippen molar-refractivity contribution in [2.75, 3.05) is 19.6 Å². The average Bonchev–Trinajstić information content (AvgIpc) is 3.61. The normalized spacial score (nSPS) is 20.3. The van der Waals surface area contributed by atoms with E-state index in [1.165, 1.54) is 0 Å². The summed E-state index contributed by atoms with van der Waals surface area (Å²) >= 11 is 0. The van der Waals surface area contributed by atoms with Crippen LogP contribution in [0.3, 0.4) is 0 Å². The third-order valence-corrected chi connectivity index (χ3v) is 8.37. The van der Waals surface area contributed by atoms with E-state index < -0.39 is 12.1 Å². The Labute approximate surface area is 250 Å². The molecule has 0 aliphatic carbocycles. The van der Waals surface area contributed by atoms with Crippen LogP contribution in [-0.2, 0) is 33.8 Å². The van der Waals surface area contributed by atoms with Gasteiger partial charge in [0.1, 0.15) is 23.4 Å². The molecule has 0 unspecified atom stereocenters. The van der Waals surface area contributed by atoms with E-state index >= 15 is 0 Å². The number of hydrogen-bond acceptors (Lipinski definition) is 7. The number of fused-ring (bicyclic) bond motifs is 3. The number of aromatic nitrogens is 4. The highest BCUT2D eigenvalue weighted by molar-refractivity contribution is 5.88. The Hall–Kier alpha value is -4.54. The number of nitrogens with zero attached hydrogens (tertiary/aromatic N) is 6. The number of hydrogen-bond donors (Lipinski definition) is 1. The minimum absolute atomic E-state index is 0.0505. The van der Waals surface area contributed by atoms with Gasteiger partial charge in [-0.1, -0.05) is 47.6 Å². The topological polar surface area (TPSA) is 126 Å². The van der Waals surface area contributed by atoms with E-state index in [4.69, 9.17) is 9.51 Å². The van der Waals surface area contributed by atoms with Gasteiger partial charge in [-0.15, -0.1) is 0 Å². The van der Waals surface area contributed by atoms with Crippen molar-refractivity contribution < 1.29 is 18.9 Å². The van der Waals surface area contributed by atoms with Crippen LogP contribution in [-0.4, -0.2) is 73.1 Å². The van der Waals surface area contributed by atoms with Gasteiger partial charge in [0.05, 0.1) is 19.0 Å². The highest BCUT2D eigenvalue weighted by atomic mass is 16.5. The number of rotatable bonds is 4. The zero-order valence-electron chi connectivity index (χ0n) is 24.4. The van der Waals surface area contributed by atoms with Crippen LogP contribution < -0.4 is 5.32 Å². The monoisotopic (exact) mass is 583 g/mol. The SMILES string of the molecule is Cc1nc2n(n1)CCN(C(=O)Cc1noc3ccccc13)CCCC(=O)N1CCCC[C@H]1C(=O)N[C@@H]2Cc1ccccc1. The fourth-order valence-electron chi connectivity index (χ4n) is 6.18. The molecule has 0 spiro atoms. The number of piperidine rings is 1. The molecular weight excluding hydrogens is 546 g/mol. The van der Waals surface area contributed by atoms with Gasteiger partial charge in [-0.05, 0) is 56.7 Å². The van der Waals surface area contributed by atoms with E-state index in [-0.39, 0.29) is 30.6 Å². The first-order chi connectivity index (χ1) is 21.0.